The molecule has 112 valence electrons. The number of hydrogen-bond acceptors (Lipinski definition) is 1. The molecule has 1 aliphatic carbocycles. The summed E-state index contributed by atoms with van der Waals surface area (Å²) in [6, 6.07) is 8.82. The summed E-state index contributed by atoms with van der Waals surface area (Å²) in [4.78, 5) is 0. The highest BCUT2D eigenvalue weighted by molar-refractivity contribution is 5.32. The fourth-order valence-electron chi connectivity index (χ4n) is 3.42. The number of aromatic nitrogens is 1. The summed E-state index contributed by atoms with van der Waals surface area (Å²) in [6.07, 6.45) is 3.42. The summed E-state index contributed by atoms with van der Waals surface area (Å²) in [7, 11) is 0. The van der Waals surface area contributed by atoms with E-state index in [4.69, 9.17) is 0 Å². The van der Waals surface area contributed by atoms with E-state index in [-0.39, 0.29) is 23.4 Å². The zero-order valence-corrected chi connectivity index (χ0v) is 12.8. The molecule has 0 saturated carbocycles. The second-order valence-electron chi connectivity index (χ2n) is 6.91. The van der Waals surface area contributed by atoms with Gasteiger partial charge in [-0.05, 0) is 48.9 Å². The van der Waals surface area contributed by atoms with E-state index in [2.05, 4.69) is 25.3 Å². The van der Waals surface area contributed by atoms with Gasteiger partial charge in [0.2, 0.25) is 0 Å². The molecule has 2 atom stereocenters. The van der Waals surface area contributed by atoms with E-state index in [0.717, 1.165) is 24.0 Å². The fourth-order valence-corrected chi connectivity index (χ4v) is 3.42. The van der Waals surface area contributed by atoms with Gasteiger partial charge in [0.1, 0.15) is 5.82 Å². The van der Waals surface area contributed by atoms with E-state index in [0.29, 0.717) is 0 Å². The molecule has 2 nitrogen and oxygen atoms in total. The zero-order chi connectivity index (χ0) is 15.2. The van der Waals surface area contributed by atoms with Crippen LogP contribution in [0.1, 0.15) is 56.2 Å². The Balaban J connectivity index is 1.99. The third-order valence-electron chi connectivity index (χ3n) is 4.58. The Kier molecular flexibility index (Phi) is 3.40. The summed E-state index contributed by atoms with van der Waals surface area (Å²) in [5.74, 6) is -0.211. The lowest BCUT2D eigenvalue weighted by Crippen LogP contribution is -2.27. The molecule has 0 saturated heterocycles. The standard InChI is InChI=1S/C18H22FNO/c1-12(13-4-6-14(19)7-5-13)20-9-8-15-16(20)10-18(2,3)11-17(15)21/h4-9,12,17,21H,10-11H2,1-3H3. The topological polar surface area (TPSA) is 25.2 Å². The van der Waals surface area contributed by atoms with Crippen LogP contribution in [0.25, 0.3) is 0 Å². The van der Waals surface area contributed by atoms with Crippen molar-refractivity contribution in [1.29, 1.82) is 0 Å². The van der Waals surface area contributed by atoms with E-state index in [1.807, 2.05) is 24.4 Å². The number of rotatable bonds is 2. The Bertz CT molecular complexity index is 642. The highest BCUT2D eigenvalue weighted by Crippen LogP contribution is 2.42. The van der Waals surface area contributed by atoms with Crippen molar-refractivity contribution in [2.75, 3.05) is 0 Å². The quantitative estimate of drug-likeness (QED) is 0.878. The minimum absolute atomic E-state index is 0.102. The molecule has 0 fully saturated rings. The summed E-state index contributed by atoms with van der Waals surface area (Å²) in [6.45, 7) is 6.50. The third-order valence-corrected chi connectivity index (χ3v) is 4.58. The molecule has 0 amide bonds. The molecule has 2 aromatic rings. The lowest BCUT2D eigenvalue weighted by molar-refractivity contribution is 0.0978. The second kappa shape index (κ2) is 4.99. The summed E-state index contributed by atoms with van der Waals surface area (Å²) in [5.41, 5.74) is 3.43. The molecule has 0 spiro atoms. The summed E-state index contributed by atoms with van der Waals surface area (Å²) >= 11 is 0. The van der Waals surface area contributed by atoms with Crippen molar-refractivity contribution in [2.45, 2.75) is 45.8 Å². The van der Waals surface area contributed by atoms with Crippen LogP contribution in [0, 0.1) is 11.2 Å². The highest BCUT2D eigenvalue weighted by atomic mass is 19.1. The number of nitrogens with zero attached hydrogens (tertiary/aromatic N) is 1. The van der Waals surface area contributed by atoms with Crippen LogP contribution in [-0.4, -0.2) is 9.67 Å². The van der Waals surface area contributed by atoms with Gasteiger partial charge in [-0.25, -0.2) is 4.39 Å². The van der Waals surface area contributed by atoms with Crippen LogP contribution < -0.4 is 0 Å². The number of halogens is 1. The molecule has 0 aliphatic heterocycles. The Labute approximate surface area is 125 Å². The number of benzene rings is 1. The van der Waals surface area contributed by atoms with E-state index in [1.54, 1.807) is 0 Å². The third kappa shape index (κ3) is 2.62. The predicted octanol–water partition coefficient (Wildman–Crippen LogP) is 4.24. The van der Waals surface area contributed by atoms with Crippen molar-refractivity contribution in [2.24, 2.45) is 5.41 Å². The minimum Gasteiger partial charge on any atom is -0.388 e. The molecule has 3 heteroatoms. The lowest BCUT2D eigenvalue weighted by Gasteiger charge is -2.34. The van der Waals surface area contributed by atoms with Crippen molar-refractivity contribution >= 4 is 0 Å². The lowest BCUT2D eigenvalue weighted by atomic mass is 9.75. The Morgan fingerprint density at radius 2 is 1.90 bits per heavy atom. The molecule has 0 bridgehead atoms. The first-order chi connectivity index (χ1) is 9.87. The van der Waals surface area contributed by atoms with Crippen molar-refractivity contribution < 1.29 is 9.50 Å². The Morgan fingerprint density at radius 3 is 2.57 bits per heavy atom. The smallest absolute Gasteiger partial charge is 0.123 e. The maximum Gasteiger partial charge on any atom is 0.123 e. The number of aliphatic hydroxyl groups excluding tert-OH is 1. The van der Waals surface area contributed by atoms with E-state index < -0.39 is 0 Å². The van der Waals surface area contributed by atoms with Gasteiger partial charge in [0.25, 0.3) is 0 Å². The monoisotopic (exact) mass is 287 g/mol. The number of hydrogen-bond donors (Lipinski definition) is 1. The van der Waals surface area contributed by atoms with Crippen molar-refractivity contribution in [1.82, 2.24) is 4.57 Å². The average molecular weight is 287 g/mol. The van der Waals surface area contributed by atoms with Gasteiger partial charge in [-0.2, -0.15) is 0 Å². The van der Waals surface area contributed by atoms with Crippen LogP contribution in [0.5, 0.6) is 0 Å². The SMILES string of the molecule is CC(c1ccc(F)cc1)n1ccc2c1CC(C)(C)CC2O. The Hall–Kier alpha value is -1.61. The number of aliphatic hydroxyl groups is 1. The summed E-state index contributed by atoms with van der Waals surface area (Å²) < 4.78 is 15.3. The van der Waals surface area contributed by atoms with E-state index in [9.17, 15) is 9.50 Å². The van der Waals surface area contributed by atoms with Crippen LogP contribution in [-0.2, 0) is 6.42 Å². The molecule has 1 aromatic heterocycles. The van der Waals surface area contributed by atoms with Crippen molar-refractivity contribution in [3.8, 4) is 0 Å². The first-order valence-corrected chi connectivity index (χ1v) is 7.50. The molecule has 1 aromatic carbocycles. The van der Waals surface area contributed by atoms with E-state index >= 15 is 0 Å². The van der Waals surface area contributed by atoms with Gasteiger partial charge >= 0.3 is 0 Å². The van der Waals surface area contributed by atoms with Gasteiger partial charge in [-0.3, -0.25) is 0 Å². The normalized spacial score (nSPS) is 21.9. The minimum atomic E-state index is -0.384. The van der Waals surface area contributed by atoms with Crippen molar-refractivity contribution in [3.63, 3.8) is 0 Å². The molecule has 1 N–H and O–H groups in total. The largest absolute Gasteiger partial charge is 0.388 e. The van der Waals surface area contributed by atoms with Gasteiger partial charge in [0.15, 0.2) is 0 Å². The van der Waals surface area contributed by atoms with Gasteiger partial charge in [-0.1, -0.05) is 26.0 Å². The maximum atomic E-state index is 13.1. The van der Waals surface area contributed by atoms with E-state index in [1.165, 1.54) is 17.8 Å². The van der Waals surface area contributed by atoms with Gasteiger partial charge < -0.3 is 9.67 Å². The number of fused-ring (bicyclic) bond motifs is 1. The molecule has 2 unspecified atom stereocenters. The molecule has 3 rings (SSSR count). The molecule has 1 aliphatic rings. The molecule has 21 heavy (non-hydrogen) atoms. The predicted molar refractivity (Wildman–Crippen MR) is 81.7 cm³/mol. The van der Waals surface area contributed by atoms with Crippen LogP contribution in [0.3, 0.4) is 0 Å². The van der Waals surface area contributed by atoms with Crippen LogP contribution >= 0.6 is 0 Å². The van der Waals surface area contributed by atoms with Gasteiger partial charge in [0.05, 0.1) is 12.1 Å². The van der Waals surface area contributed by atoms with Gasteiger partial charge in [0, 0.05) is 17.5 Å². The summed E-state index contributed by atoms with van der Waals surface area (Å²) in [5, 5.41) is 10.3. The van der Waals surface area contributed by atoms with Gasteiger partial charge in [-0.15, -0.1) is 0 Å². The first kappa shape index (κ1) is 14.3. The second-order valence-corrected chi connectivity index (χ2v) is 6.91. The van der Waals surface area contributed by atoms with Crippen LogP contribution in [0.4, 0.5) is 4.39 Å². The van der Waals surface area contributed by atoms with Crippen LogP contribution in [0.2, 0.25) is 0 Å². The van der Waals surface area contributed by atoms with Crippen molar-refractivity contribution in [3.05, 3.63) is 59.2 Å². The average Bonchev–Trinajstić information content (AvgIpc) is 2.81. The van der Waals surface area contributed by atoms with Crippen LogP contribution in [0.15, 0.2) is 36.5 Å². The fraction of sp³-hybridized carbons (Fsp3) is 0.444. The maximum absolute atomic E-state index is 13.1. The molecular formula is C18H22FNO. The molecular weight excluding hydrogens is 265 g/mol. The molecule has 1 heterocycles. The highest BCUT2D eigenvalue weighted by Gasteiger charge is 2.33. The first-order valence-electron chi connectivity index (χ1n) is 7.50. The Morgan fingerprint density at radius 1 is 1.24 bits per heavy atom. The molecule has 0 radical (unpaired) electrons. The zero-order valence-electron chi connectivity index (χ0n) is 12.8.